The highest BCUT2D eigenvalue weighted by Gasteiger charge is 2.27. The van der Waals surface area contributed by atoms with E-state index in [1.165, 1.54) is 5.56 Å². The van der Waals surface area contributed by atoms with Gasteiger partial charge in [-0.25, -0.2) is 4.79 Å². The molecule has 0 radical (unpaired) electrons. The van der Waals surface area contributed by atoms with Crippen molar-refractivity contribution in [2.45, 2.75) is 32.7 Å². The quantitative estimate of drug-likeness (QED) is 0.316. The minimum Gasteiger partial charge on any atom is -0.462 e. The molecule has 0 bridgehead atoms. The van der Waals surface area contributed by atoms with E-state index in [-0.39, 0.29) is 5.97 Å². The summed E-state index contributed by atoms with van der Waals surface area (Å²) in [5, 5.41) is 0. The Morgan fingerprint density at radius 3 is 2.43 bits per heavy atom. The molecule has 0 aliphatic rings. The predicted molar refractivity (Wildman–Crippen MR) is 86.8 cm³/mol. The van der Waals surface area contributed by atoms with E-state index in [4.69, 9.17) is 4.74 Å². The molecular formula is C18H28NO2+. The summed E-state index contributed by atoms with van der Waals surface area (Å²) in [5.41, 5.74) is 1.80. The van der Waals surface area contributed by atoms with Gasteiger partial charge in [0.25, 0.3) is 0 Å². The zero-order valence-electron chi connectivity index (χ0n) is 13.8. The van der Waals surface area contributed by atoms with Crippen LogP contribution in [0.25, 0.3) is 0 Å². The molecule has 3 nitrogen and oxygen atoms in total. The van der Waals surface area contributed by atoms with E-state index in [9.17, 15) is 4.79 Å². The monoisotopic (exact) mass is 290 g/mol. The second kappa shape index (κ2) is 7.99. The van der Waals surface area contributed by atoms with Crippen LogP contribution in [0.2, 0.25) is 0 Å². The second-order valence-electron chi connectivity index (χ2n) is 6.08. The molecule has 0 heterocycles. The van der Waals surface area contributed by atoms with Crippen LogP contribution in [-0.2, 0) is 9.53 Å². The van der Waals surface area contributed by atoms with Crippen LogP contribution in [0.15, 0.2) is 42.5 Å². The van der Waals surface area contributed by atoms with Crippen molar-refractivity contribution in [1.82, 2.24) is 0 Å². The first-order chi connectivity index (χ1) is 9.88. The molecule has 0 aliphatic carbocycles. The van der Waals surface area contributed by atoms with Crippen LogP contribution in [-0.4, -0.2) is 37.7 Å². The van der Waals surface area contributed by atoms with E-state index >= 15 is 0 Å². The van der Waals surface area contributed by atoms with E-state index < -0.39 is 0 Å². The van der Waals surface area contributed by atoms with Crippen molar-refractivity contribution in [2.24, 2.45) is 0 Å². The average molecular weight is 290 g/mol. The highest BCUT2D eigenvalue weighted by molar-refractivity contribution is 5.86. The first kappa shape index (κ1) is 17.4. The van der Waals surface area contributed by atoms with Crippen molar-refractivity contribution in [3.05, 3.63) is 48.0 Å². The SMILES string of the molecule is C=C(C)C(=O)OCCCC(c1ccccc1)[N+](C)(C)CC. The van der Waals surface area contributed by atoms with Gasteiger partial charge in [-0.1, -0.05) is 36.9 Å². The number of hydrogen-bond donors (Lipinski definition) is 0. The third-order valence-corrected chi connectivity index (χ3v) is 4.05. The number of carbonyl (C=O) groups is 1. The molecule has 3 heteroatoms. The van der Waals surface area contributed by atoms with Gasteiger partial charge in [0.1, 0.15) is 6.04 Å². The van der Waals surface area contributed by atoms with Gasteiger partial charge < -0.3 is 9.22 Å². The Hall–Kier alpha value is -1.61. The minimum atomic E-state index is -0.296. The second-order valence-corrected chi connectivity index (χ2v) is 6.08. The highest BCUT2D eigenvalue weighted by Crippen LogP contribution is 2.29. The fourth-order valence-electron chi connectivity index (χ4n) is 2.38. The number of hydrogen-bond acceptors (Lipinski definition) is 2. The Kier molecular flexibility index (Phi) is 6.63. The van der Waals surface area contributed by atoms with Crippen LogP contribution in [0.5, 0.6) is 0 Å². The zero-order chi connectivity index (χ0) is 15.9. The van der Waals surface area contributed by atoms with Crippen LogP contribution in [0.3, 0.4) is 0 Å². The fourth-order valence-corrected chi connectivity index (χ4v) is 2.38. The van der Waals surface area contributed by atoms with Gasteiger partial charge in [0.15, 0.2) is 0 Å². The van der Waals surface area contributed by atoms with Crippen LogP contribution >= 0.6 is 0 Å². The summed E-state index contributed by atoms with van der Waals surface area (Å²) in [6.07, 6.45) is 1.86. The standard InChI is InChI=1S/C18H28NO2/c1-6-19(4,5)17(16-11-8-7-9-12-16)13-10-14-21-18(20)15(2)3/h7-9,11-12,17H,2,6,10,13-14H2,1,3-5H3/q+1. The molecule has 21 heavy (non-hydrogen) atoms. The lowest BCUT2D eigenvalue weighted by Crippen LogP contribution is -2.43. The maximum Gasteiger partial charge on any atom is 0.333 e. The number of carbonyl (C=O) groups excluding carboxylic acids is 1. The third kappa shape index (κ3) is 5.35. The molecule has 0 saturated carbocycles. The third-order valence-electron chi connectivity index (χ3n) is 4.05. The Morgan fingerprint density at radius 1 is 1.29 bits per heavy atom. The van der Waals surface area contributed by atoms with Crippen molar-refractivity contribution < 1.29 is 14.0 Å². The molecule has 0 fully saturated rings. The summed E-state index contributed by atoms with van der Waals surface area (Å²) in [6, 6.07) is 11.0. The maximum atomic E-state index is 11.4. The molecule has 1 unspecified atom stereocenters. The summed E-state index contributed by atoms with van der Waals surface area (Å²) >= 11 is 0. The molecule has 1 atom stereocenters. The smallest absolute Gasteiger partial charge is 0.333 e. The molecule has 0 aliphatic heterocycles. The van der Waals surface area contributed by atoms with Gasteiger partial charge in [0, 0.05) is 17.6 Å². The molecule has 0 saturated heterocycles. The van der Waals surface area contributed by atoms with E-state index in [1.54, 1.807) is 6.92 Å². The molecule has 0 N–H and O–H groups in total. The van der Waals surface area contributed by atoms with Gasteiger partial charge in [-0.2, -0.15) is 0 Å². The minimum absolute atomic E-state index is 0.296. The average Bonchev–Trinajstić information content (AvgIpc) is 2.47. The lowest BCUT2D eigenvalue weighted by atomic mass is 9.99. The van der Waals surface area contributed by atoms with Crippen LogP contribution in [0.1, 0.15) is 38.3 Å². The number of ether oxygens (including phenoxy) is 1. The molecule has 0 spiro atoms. The van der Waals surface area contributed by atoms with Crippen molar-refractivity contribution in [3.8, 4) is 0 Å². The normalized spacial score (nSPS) is 12.8. The van der Waals surface area contributed by atoms with E-state index in [0.29, 0.717) is 18.2 Å². The van der Waals surface area contributed by atoms with Crippen LogP contribution in [0, 0.1) is 0 Å². The fraction of sp³-hybridized carbons (Fsp3) is 0.500. The first-order valence-electron chi connectivity index (χ1n) is 7.58. The predicted octanol–water partition coefficient (Wildman–Crippen LogP) is 3.72. The van der Waals surface area contributed by atoms with Crippen LogP contribution in [0.4, 0.5) is 0 Å². The Bertz CT molecular complexity index is 465. The lowest BCUT2D eigenvalue weighted by molar-refractivity contribution is -0.920. The van der Waals surface area contributed by atoms with Gasteiger partial charge in [0.2, 0.25) is 0 Å². The summed E-state index contributed by atoms with van der Waals surface area (Å²) in [6.45, 7) is 8.99. The number of quaternary nitrogens is 1. The van der Waals surface area contributed by atoms with Gasteiger partial charge in [-0.05, 0) is 20.3 Å². The summed E-state index contributed by atoms with van der Waals surface area (Å²) < 4.78 is 6.12. The molecule has 1 rings (SSSR count). The number of esters is 1. The first-order valence-corrected chi connectivity index (χ1v) is 7.58. The van der Waals surface area contributed by atoms with Crippen molar-refractivity contribution in [2.75, 3.05) is 27.2 Å². The van der Waals surface area contributed by atoms with Crippen molar-refractivity contribution in [3.63, 3.8) is 0 Å². The Balaban J connectivity index is 2.64. The summed E-state index contributed by atoms with van der Waals surface area (Å²) in [4.78, 5) is 11.4. The summed E-state index contributed by atoms with van der Waals surface area (Å²) in [7, 11) is 4.50. The maximum absolute atomic E-state index is 11.4. The van der Waals surface area contributed by atoms with Gasteiger partial charge in [0.05, 0.1) is 27.2 Å². The highest BCUT2D eigenvalue weighted by atomic mass is 16.5. The molecule has 0 amide bonds. The summed E-state index contributed by atoms with van der Waals surface area (Å²) in [5.74, 6) is -0.296. The van der Waals surface area contributed by atoms with E-state index in [0.717, 1.165) is 23.9 Å². The topological polar surface area (TPSA) is 26.3 Å². The zero-order valence-corrected chi connectivity index (χ0v) is 13.8. The Morgan fingerprint density at radius 2 is 1.90 bits per heavy atom. The van der Waals surface area contributed by atoms with Crippen molar-refractivity contribution >= 4 is 5.97 Å². The molecule has 1 aromatic rings. The largest absolute Gasteiger partial charge is 0.462 e. The number of rotatable bonds is 8. The number of benzene rings is 1. The molecule has 1 aromatic carbocycles. The number of nitrogens with zero attached hydrogens (tertiary/aromatic N) is 1. The van der Waals surface area contributed by atoms with Crippen LogP contribution < -0.4 is 0 Å². The van der Waals surface area contributed by atoms with Gasteiger partial charge >= 0.3 is 5.97 Å². The van der Waals surface area contributed by atoms with E-state index in [2.05, 4.69) is 51.9 Å². The Labute approximate surface area is 128 Å². The molecular weight excluding hydrogens is 262 g/mol. The molecule has 0 aromatic heterocycles. The van der Waals surface area contributed by atoms with Gasteiger partial charge in [-0.15, -0.1) is 0 Å². The molecule has 116 valence electrons. The van der Waals surface area contributed by atoms with E-state index in [1.807, 2.05) is 6.07 Å². The van der Waals surface area contributed by atoms with Crippen molar-refractivity contribution in [1.29, 1.82) is 0 Å². The lowest BCUT2D eigenvalue weighted by Gasteiger charge is -2.37. The van der Waals surface area contributed by atoms with Gasteiger partial charge in [-0.3, -0.25) is 0 Å².